The minimum absolute atomic E-state index is 0.0676. The minimum Gasteiger partial charge on any atom is -0.475 e. The lowest BCUT2D eigenvalue weighted by Crippen LogP contribution is -2.28. The van der Waals surface area contributed by atoms with Crippen molar-refractivity contribution in [1.82, 2.24) is 14.9 Å². The van der Waals surface area contributed by atoms with Gasteiger partial charge >= 0.3 is 0 Å². The van der Waals surface area contributed by atoms with E-state index < -0.39 is 10.0 Å². The Kier molecular flexibility index (Phi) is 6.36. The number of Topliss-reactive ketones (excluding diaryl/α,β-unsaturated/α-hetero) is 1. The van der Waals surface area contributed by atoms with E-state index in [0.29, 0.717) is 11.4 Å². The van der Waals surface area contributed by atoms with Crippen LogP contribution in [0.4, 0.5) is 0 Å². The molecule has 0 fully saturated rings. The molecule has 7 nitrogen and oxygen atoms in total. The highest BCUT2D eigenvalue weighted by atomic mass is 32.2. The van der Waals surface area contributed by atoms with E-state index in [1.807, 2.05) is 31.2 Å². The van der Waals surface area contributed by atoms with Crippen molar-refractivity contribution >= 4 is 15.8 Å². The van der Waals surface area contributed by atoms with E-state index in [0.717, 1.165) is 11.3 Å². The van der Waals surface area contributed by atoms with E-state index in [-0.39, 0.29) is 23.8 Å². The molecule has 3 aromatic rings. The number of rotatable bonds is 8. The van der Waals surface area contributed by atoms with Crippen LogP contribution >= 0.6 is 0 Å². The number of aryl methyl sites for hydroxylation is 1. The Bertz CT molecular complexity index is 1080. The summed E-state index contributed by atoms with van der Waals surface area (Å²) in [6.07, 6.45) is 0. The number of ether oxygens (including phenoxy) is 1. The Morgan fingerprint density at radius 3 is 2.24 bits per heavy atom. The first-order valence-corrected chi connectivity index (χ1v) is 10.5. The maximum absolute atomic E-state index is 12.3. The first-order chi connectivity index (χ1) is 13.8. The molecule has 1 aromatic heterocycles. The van der Waals surface area contributed by atoms with Gasteiger partial charge in [0.15, 0.2) is 5.78 Å². The van der Waals surface area contributed by atoms with Crippen LogP contribution < -0.4 is 9.46 Å². The fourth-order valence-corrected chi connectivity index (χ4v) is 3.57. The highest BCUT2D eigenvalue weighted by molar-refractivity contribution is 7.89. The largest absolute Gasteiger partial charge is 0.475 e. The van der Waals surface area contributed by atoms with Crippen LogP contribution in [0.1, 0.15) is 22.8 Å². The molecule has 1 heterocycles. The smallest absolute Gasteiger partial charge is 0.240 e. The van der Waals surface area contributed by atoms with Crippen molar-refractivity contribution in [2.45, 2.75) is 18.7 Å². The van der Waals surface area contributed by atoms with Gasteiger partial charge in [-0.2, -0.15) is 0 Å². The number of nitrogens with one attached hydrogen (secondary N) is 1. The van der Waals surface area contributed by atoms with Crippen molar-refractivity contribution < 1.29 is 17.9 Å². The van der Waals surface area contributed by atoms with Gasteiger partial charge < -0.3 is 4.74 Å². The van der Waals surface area contributed by atoms with E-state index in [2.05, 4.69) is 14.9 Å². The second-order valence-corrected chi connectivity index (χ2v) is 8.22. The van der Waals surface area contributed by atoms with Crippen LogP contribution in [0.25, 0.3) is 11.3 Å². The molecular weight excluding hydrogens is 390 g/mol. The third-order valence-electron chi connectivity index (χ3n) is 4.20. The minimum atomic E-state index is -3.68. The lowest BCUT2D eigenvalue weighted by atomic mass is 10.1. The zero-order chi connectivity index (χ0) is 20.9. The predicted molar refractivity (Wildman–Crippen MR) is 109 cm³/mol. The molecule has 0 saturated carbocycles. The standard InChI is InChI=1S/C21H21N3O4S/c1-15-3-5-18(6-4-15)20-11-12-21(24-23-20)28-14-13-22-29(26,27)19-9-7-17(8-10-19)16(2)25/h3-12,22H,13-14H2,1-2H3. The van der Waals surface area contributed by atoms with Gasteiger partial charge in [-0.15, -0.1) is 10.2 Å². The van der Waals surface area contributed by atoms with Gasteiger partial charge in [0.25, 0.3) is 0 Å². The molecular formula is C21H21N3O4S. The fourth-order valence-electron chi connectivity index (χ4n) is 2.56. The predicted octanol–water partition coefficient (Wildman–Crippen LogP) is 3.01. The number of benzene rings is 2. The van der Waals surface area contributed by atoms with Crippen molar-refractivity contribution in [1.29, 1.82) is 0 Å². The van der Waals surface area contributed by atoms with Crippen molar-refractivity contribution in [3.63, 3.8) is 0 Å². The normalized spacial score (nSPS) is 11.2. The number of carbonyl (C=O) groups is 1. The first-order valence-electron chi connectivity index (χ1n) is 8.99. The number of carbonyl (C=O) groups excluding carboxylic acids is 1. The summed E-state index contributed by atoms with van der Waals surface area (Å²) in [4.78, 5) is 11.4. The first kappa shape index (κ1) is 20.6. The van der Waals surface area contributed by atoms with E-state index in [1.54, 1.807) is 12.1 Å². The van der Waals surface area contributed by atoms with Crippen LogP contribution in [0.2, 0.25) is 0 Å². The van der Waals surface area contributed by atoms with Crippen LogP contribution in [-0.2, 0) is 10.0 Å². The van der Waals surface area contributed by atoms with Gasteiger partial charge in [0.05, 0.1) is 10.6 Å². The molecule has 0 radical (unpaired) electrons. The van der Waals surface area contributed by atoms with Crippen molar-refractivity contribution in [2.75, 3.05) is 13.2 Å². The molecule has 0 saturated heterocycles. The number of sulfonamides is 1. The van der Waals surface area contributed by atoms with E-state index in [9.17, 15) is 13.2 Å². The van der Waals surface area contributed by atoms with Crippen LogP contribution in [0.3, 0.4) is 0 Å². The summed E-state index contributed by atoms with van der Waals surface area (Å²) in [6, 6.07) is 17.2. The van der Waals surface area contributed by atoms with E-state index in [4.69, 9.17) is 4.74 Å². The van der Waals surface area contributed by atoms with Crippen LogP contribution in [0.15, 0.2) is 65.6 Å². The summed E-state index contributed by atoms with van der Waals surface area (Å²) in [5.41, 5.74) is 3.31. The second kappa shape index (κ2) is 8.93. The van der Waals surface area contributed by atoms with Crippen molar-refractivity contribution in [3.05, 3.63) is 71.8 Å². The summed E-state index contributed by atoms with van der Waals surface area (Å²) in [6.45, 7) is 3.61. The SMILES string of the molecule is CC(=O)c1ccc(S(=O)(=O)NCCOc2ccc(-c3ccc(C)cc3)nn2)cc1. The molecule has 1 N–H and O–H groups in total. The molecule has 0 atom stereocenters. The molecule has 150 valence electrons. The Balaban J connectivity index is 1.52. The zero-order valence-electron chi connectivity index (χ0n) is 16.1. The van der Waals surface area contributed by atoms with Gasteiger partial charge in [-0.1, -0.05) is 42.0 Å². The number of ketones is 1. The highest BCUT2D eigenvalue weighted by Gasteiger charge is 2.14. The molecule has 2 aromatic carbocycles. The summed E-state index contributed by atoms with van der Waals surface area (Å²) < 4.78 is 32.4. The quantitative estimate of drug-likeness (QED) is 0.452. The van der Waals surface area contributed by atoms with Crippen molar-refractivity contribution in [2.24, 2.45) is 0 Å². The van der Waals surface area contributed by atoms with Crippen molar-refractivity contribution in [3.8, 4) is 17.1 Å². The lowest BCUT2D eigenvalue weighted by molar-refractivity contribution is 0.101. The molecule has 0 spiro atoms. The number of aromatic nitrogens is 2. The number of hydrogen-bond donors (Lipinski definition) is 1. The average molecular weight is 411 g/mol. The highest BCUT2D eigenvalue weighted by Crippen LogP contribution is 2.18. The van der Waals surface area contributed by atoms with Crippen LogP contribution in [-0.4, -0.2) is 37.6 Å². The molecule has 8 heteroatoms. The molecule has 0 bridgehead atoms. The van der Waals surface area contributed by atoms with Gasteiger partial charge in [-0.25, -0.2) is 13.1 Å². The lowest BCUT2D eigenvalue weighted by Gasteiger charge is -2.08. The topological polar surface area (TPSA) is 98.2 Å². The van der Waals surface area contributed by atoms with E-state index >= 15 is 0 Å². The van der Waals surface area contributed by atoms with Crippen LogP contribution in [0.5, 0.6) is 5.88 Å². The Morgan fingerprint density at radius 1 is 0.966 bits per heavy atom. The van der Waals surface area contributed by atoms with Crippen LogP contribution in [0, 0.1) is 6.92 Å². The Hall–Kier alpha value is -3.10. The molecule has 0 amide bonds. The van der Waals surface area contributed by atoms with E-state index in [1.165, 1.54) is 36.8 Å². The Labute approximate surface area is 169 Å². The molecule has 0 aliphatic carbocycles. The summed E-state index contributed by atoms with van der Waals surface area (Å²) >= 11 is 0. The third-order valence-corrected chi connectivity index (χ3v) is 5.68. The number of nitrogens with zero attached hydrogens (tertiary/aromatic N) is 2. The maximum Gasteiger partial charge on any atom is 0.240 e. The maximum atomic E-state index is 12.3. The van der Waals surface area contributed by atoms with Gasteiger partial charge in [-0.05, 0) is 32.0 Å². The monoisotopic (exact) mass is 411 g/mol. The zero-order valence-corrected chi connectivity index (χ0v) is 16.9. The van der Waals surface area contributed by atoms with Gasteiger partial charge in [0, 0.05) is 23.7 Å². The molecule has 0 aliphatic heterocycles. The second-order valence-electron chi connectivity index (χ2n) is 6.45. The Morgan fingerprint density at radius 2 is 1.66 bits per heavy atom. The number of hydrogen-bond acceptors (Lipinski definition) is 6. The average Bonchev–Trinajstić information content (AvgIpc) is 2.72. The molecule has 29 heavy (non-hydrogen) atoms. The summed E-state index contributed by atoms with van der Waals surface area (Å²) in [5, 5.41) is 8.15. The summed E-state index contributed by atoms with van der Waals surface area (Å²) in [7, 11) is -3.68. The van der Waals surface area contributed by atoms with Gasteiger partial charge in [0.1, 0.15) is 6.61 Å². The fraction of sp³-hybridized carbons (Fsp3) is 0.190. The van der Waals surface area contributed by atoms with Gasteiger partial charge in [0.2, 0.25) is 15.9 Å². The van der Waals surface area contributed by atoms with Gasteiger partial charge in [-0.3, -0.25) is 4.79 Å². The third kappa shape index (κ3) is 5.46. The summed E-state index contributed by atoms with van der Waals surface area (Å²) in [5.74, 6) is 0.190. The molecule has 3 rings (SSSR count). The molecule has 0 aliphatic rings. The molecule has 0 unspecified atom stereocenters.